The maximum absolute atomic E-state index is 13.3. The van der Waals surface area contributed by atoms with Crippen molar-refractivity contribution in [2.24, 2.45) is 11.3 Å². The fraction of sp³-hybridized carbons (Fsp3) is 0.640. The monoisotopic (exact) mass is 504 g/mol. The van der Waals surface area contributed by atoms with Crippen LogP contribution in [-0.4, -0.2) is 52.1 Å². The molecule has 3 N–H and O–H groups in total. The maximum atomic E-state index is 13.3. The highest BCUT2D eigenvalue weighted by Crippen LogP contribution is 2.36. The highest BCUT2D eigenvalue weighted by atomic mass is 16.5. The number of aryl methyl sites for hydroxylation is 1. The van der Waals surface area contributed by atoms with Crippen molar-refractivity contribution in [2.75, 3.05) is 7.11 Å². The second-order valence-electron chi connectivity index (χ2n) is 10.5. The first-order valence-electron chi connectivity index (χ1n) is 12.2. The number of hydrogen-bond donors (Lipinski definition) is 3. The van der Waals surface area contributed by atoms with Gasteiger partial charge in [0.1, 0.15) is 30.2 Å². The number of aromatic nitrogens is 2. The molecule has 11 nitrogen and oxygen atoms in total. The van der Waals surface area contributed by atoms with Crippen molar-refractivity contribution in [3.05, 3.63) is 23.6 Å². The van der Waals surface area contributed by atoms with Crippen LogP contribution >= 0.6 is 0 Å². The topological polar surface area (TPSA) is 157 Å². The predicted molar refractivity (Wildman–Crippen MR) is 129 cm³/mol. The van der Waals surface area contributed by atoms with Crippen molar-refractivity contribution in [1.29, 1.82) is 0 Å². The first-order valence-corrected chi connectivity index (χ1v) is 12.2. The summed E-state index contributed by atoms with van der Waals surface area (Å²) in [6.07, 6.45) is 3.16. The Kier molecular flexibility index (Phi) is 8.55. The highest BCUT2D eigenvalue weighted by Gasteiger charge is 2.36. The van der Waals surface area contributed by atoms with Gasteiger partial charge in [-0.2, -0.15) is 0 Å². The molecule has 0 radical (unpaired) electrons. The van der Waals surface area contributed by atoms with E-state index in [0.29, 0.717) is 30.7 Å². The van der Waals surface area contributed by atoms with Crippen LogP contribution in [0.4, 0.5) is 0 Å². The number of oxazole rings is 2. The van der Waals surface area contributed by atoms with E-state index in [1.165, 1.54) is 13.4 Å². The van der Waals surface area contributed by atoms with Gasteiger partial charge in [-0.25, -0.2) is 14.8 Å². The fourth-order valence-corrected chi connectivity index (χ4v) is 3.94. The van der Waals surface area contributed by atoms with Crippen molar-refractivity contribution in [2.45, 2.75) is 84.9 Å². The molecular formula is C25H36N4O7. The Hall–Kier alpha value is -3.21. The van der Waals surface area contributed by atoms with Crippen molar-refractivity contribution >= 4 is 17.8 Å². The Bertz CT molecular complexity index is 1080. The largest absolute Gasteiger partial charge is 0.464 e. The summed E-state index contributed by atoms with van der Waals surface area (Å²) in [6.45, 7) is 9.28. The molecule has 2 aromatic heterocycles. The number of aliphatic hydroxyl groups is 1. The second-order valence-corrected chi connectivity index (χ2v) is 10.5. The summed E-state index contributed by atoms with van der Waals surface area (Å²) >= 11 is 0. The van der Waals surface area contributed by atoms with Crippen LogP contribution in [0, 0.1) is 11.3 Å². The number of nitrogens with zero attached hydrogens (tertiary/aromatic N) is 2. The molecule has 3 rings (SSSR count). The minimum Gasteiger partial charge on any atom is -0.464 e. The van der Waals surface area contributed by atoms with Gasteiger partial charge >= 0.3 is 5.97 Å². The lowest BCUT2D eigenvalue weighted by Crippen LogP contribution is -2.52. The van der Waals surface area contributed by atoms with Gasteiger partial charge in [-0.15, -0.1) is 0 Å². The smallest absolute Gasteiger partial charge is 0.360 e. The summed E-state index contributed by atoms with van der Waals surface area (Å²) in [5, 5.41) is 15.8. The van der Waals surface area contributed by atoms with Gasteiger partial charge in [0.05, 0.1) is 7.11 Å². The number of ether oxygens (including phenoxy) is 1. The van der Waals surface area contributed by atoms with E-state index in [4.69, 9.17) is 13.6 Å². The molecule has 0 fully saturated rings. The molecule has 1 aliphatic rings. The lowest BCUT2D eigenvalue weighted by atomic mass is 9.86. The van der Waals surface area contributed by atoms with E-state index in [0.717, 1.165) is 12.8 Å². The van der Waals surface area contributed by atoms with Gasteiger partial charge in [-0.1, -0.05) is 47.5 Å². The zero-order valence-corrected chi connectivity index (χ0v) is 21.7. The molecule has 0 spiro atoms. The van der Waals surface area contributed by atoms with E-state index in [2.05, 4.69) is 20.6 Å². The normalized spacial score (nSPS) is 20.2. The first kappa shape index (κ1) is 27.4. The zero-order chi connectivity index (χ0) is 26.6. The Morgan fingerprint density at radius 3 is 2.58 bits per heavy atom. The third-order valence-electron chi connectivity index (χ3n) is 6.14. The van der Waals surface area contributed by atoms with E-state index in [-0.39, 0.29) is 29.3 Å². The molecule has 3 atom stereocenters. The molecule has 0 aliphatic carbocycles. The Morgan fingerprint density at radius 1 is 1.22 bits per heavy atom. The molecule has 0 unspecified atom stereocenters. The Labute approximate surface area is 210 Å². The van der Waals surface area contributed by atoms with Gasteiger partial charge in [0.2, 0.25) is 23.6 Å². The van der Waals surface area contributed by atoms with Gasteiger partial charge in [0, 0.05) is 6.42 Å². The molecule has 36 heavy (non-hydrogen) atoms. The second kappa shape index (κ2) is 11.2. The van der Waals surface area contributed by atoms with Crippen LogP contribution in [0.5, 0.6) is 0 Å². The molecular weight excluding hydrogens is 468 g/mol. The van der Waals surface area contributed by atoms with E-state index in [1.807, 2.05) is 20.8 Å². The molecule has 0 saturated heterocycles. The van der Waals surface area contributed by atoms with Gasteiger partial charge in [0.15, 0.2) is 11.4 Å². The minimum atomic E-state index is -1.20. The summed E-state index contributed by atoms with van der Waals surface area (Å²) in [5.74, 6) is -0.913. The third-order valence-corrected chi connectivity index (χ3v) is 6.14. The molecule has 1 aliphatic heterocycles. The predicted octanol–water partition coefficient (Wildman–Crippen LogP) is 2.94. The number of carbonyl (C=O) groups is 3. The number of esters is 1. The average molecular weight is 505 g/mol. The highest BCUT2D eigenvalue weighted by molar-refractivity contribution is 5.89. The number of rotatable bonds is 5. The van der Waals surface area contributed by atoms with Gasteiger partial charge < -0.3 is 29.3 Å². The summed E-state index contributed by atoms with van der Waals surface area (Å²) in [5.41, 5.74) is -0.115. The SMILES string of the molecule is COC(=O)c1coc(-c2nc3oc2CCCCC[C@H](NC(=O)[C@@H](O)C(C)C)C(=O)N[C@H]3C(C)(C)C)n1. The number of nitrogens with one attached hydrogen (secondary N) is 2. The van der Waals surface area contributed by atoms with Crippen molar-refractivity contribution < 1.29 is 33.1 Å². The minimum absolute atomic E-state index is 0.0174. The van der Waals surface area contributed by atoms with Crippen molar-refractivity contribution in [3.63, 3.8) is 0 Å². The van der Waals surface area contributed by atoms with Gasteiger partial charge in [-0.05, 0) is 24.2 Å². The standard InChI is InChI=1S/C25H36N4O7/c1-13(2)18(30)21(32)26-14-10-8-7-9-11-16-17(22-27-15(12-35-22)24(33)34-6)28-23(36-16)19(25(3,4)5)29-20(14)31/h12-14,18-19,30H,7-11H2,1-6H3,(H,26,32)(H,29,31)/t14-,18-,19+/m0/s1. The molecule has 3 heterocycles. The number of amides is 2. The Balaban J connectivity index is 1.95. The average Bonchev–Trinajstić information content (AvgIpc) is 3.46. The van der Waals surface area contributed by atoms with E-state index < -0.39 is 35.5 Å². The zero-order valence-electron chi connectivity index (χ0n) is 21.7. The van der Waals surface area contributed by atoms with Gasteiger partial charge in [0.25, 0.3) is 0 Å². The summed E-state index contributed by atoms with van der Waals surface area (Å²) in [7, 11) is 1.26. The lowest BCUT2D eigenvalue weighted by Gasteiger charge is -2.31. The first-order chi connectivity index (χ1) is 16.9. The van der Waals surface area contributed by atoms with Crippen LogP contribution in [0.1, 0.15) is 88.5 Å². The number of fused-ring (bicyclic) bond motifs is 2. The third kappa shape index (κ3) is 6.31. The van der Waals surface area contributed by atoms with Crippen LogP contribution < -0.4 is 10.6 Å². The molecule has 198 valence electrons. The fourth-order valence-electron chi connectivity index (χ4n) is 3.94. The molecule has 11 heteroatoms. The quantitative estimate of drug-likeness (QED) is 0.521. The van der Waals surface area contributed by atoms with Crippen LogP contribution in [0.25, 0.3) is 11.6 Å². The Morgan fingerprint density at radius 2 is 1.94 bits per heavy atom. The summed E-state index contributed by atoms with van der Waals surface area (Å²) in [6, 6.07) is -1.44. The van der Waals surface area contributed by atoms with Crippen molar-refractivity contribution in [1.82, 2.24) is 20.6 Å². The van der Waals surface area contributed by atoms with Crippen LogP contribution in [0.15, 0.2) is 15.1 Å². The number of methoxy groups -OCH3 is 1. The molecule has 0 aromatic carbocycles. The van der Waals surface area contributed by atoms with E-state index in [9.17, 15) is 19.5 Å². The van der Waals surface area contributed by atoms with Crippen molar-refractivity contribution in [3.8, 4) is 11.6 Å². The maximum Gasteiger partial charge on any atom is 0.360 e. The van der Waals surface area contributed by atoms with E-state index >= 15 is 0 Å². The molecule has 2 bridgehead atoms. The summed E-state index contributed by atoms with van der Waals surface area (Å²) < 4.78 is 16.3. The van der Waals surface area contributed by atoms with Crippen LogP contribution in [0.2, 0.25) is 0 Å². The summed E-state index contributed by atoms with van der Waals surface area (Å²) in [4.78, 5) is 46.5. The van der Waals surface area contributed by atoms with Crippen LogP contribution in [0.3, 0.4) is 0 Å². The van der Waals surface area contributed by atoms with E-state index in [1.54, 1.807) is 13.8 Å². The molecule has 2 aromatic rings. The van der Waals surface area contributed by atoms with Crippen LogP contribution in [-0.2, 0) is 20.7 Å². The molecule has 0 saturated carbocycles. The number of hydrogen-bond acceptors (Lipinski definition) is 9. The molecule has 2 amide bonds. The lowest BCUT2D eigenvalue weighted by molar-refractivity contribution is -0.136. The number of carbonyl (C=O) groups excluding carboxylic acids is 3. The number of aliphatic hydroxyl groups excluding tert-OH is 1. The van der Waals surface area contributed by atoms with Gasteiger partial charge in [-0.3, -0.25) is 9.59 Å².